The lowest BCUT2D eigenvalue weighted by molar-refractivity contribution is -0.118. The third-order valence-corrected chi connectivity index (χ3v) is 3.61. The van der Waals surface area contributed by atoms with Gasteiger partial charge in [-0.3, -0.25) is 4.79 Å². The van der Waals surface area contributed by atoms with Gasteiger partial charge in [0, 0.05) is 18.0 Å². The van der Waals surface area contributed by atoms with E-state index in [0.29, 0.717) is 5.52 Å². The minimum absolute atomic E-state index is 0.0384. The molecule has 17 heavy (non-hydrogen) atoms. The number of carbonyl (C=O) groups excluding carboxylic acids is 1. The first kappa shape index (κ1) is 11.7. The maximum absolute atomic E-state index is 11.4. The molecule has 90 valence electrons. The minimum Gasteiger partial charge on any atom is -0.368 e. The summed E-state index contributed by atoms with van der Waals surface area (Å²) < 4.78 is 24.5. The third-order valence-electron chi connectivity index (χ3n) is 2.50. The number of fused-ring (bicyclic) bond motifs is 1. The molecule has 0 aliphatic carbocycles. The van der Waals surface area contributed by atoms with Crippen molar-refractivity contribution in [1.82, 2.24) is 4.57 Å². The van der Waals surface area contributed by atoms with Crippen LogP contribution < -0.4 is 5.73 Å². The van der Waals surface area contributed by atoms with Crippen LogP contribution in [0, 0.1) is 0 Å². The molecule has 5 nitrogen and oxygen atoms in total. The number of benzene rings is 1. The highest BCUT2D eigenvalue weighted by molar-refractivity contribution is 7.90. The molecule has 2 rings (SSSR count). The van der Waals surface area contributed by atoms with E-state index in [1.54, 1.807) is 29.0 Å². The molecule has 0 saturated carbocycles. The van der Waals surface area contributed by atoms with Gasteiger partial charge in [0.05, 0.1) is 4.90 Å². The molecule has 0 radical (unpaired) electrons. The summed E-state index contributed by atoms with van der Waals surface area (Å²) in [6.45, 7) is 0.0384. The van der Waals surface area contributed by atoms with E-state index in [0.717, 1.165) is 11.6 Å². The lowest BCUT2D eigenvalue weighted by Crippen LogP contribution is -2.17. The van der Waals surface area contributed by atoms with Crippen molar-refractivity contribution in [3.63, 3.8) is 0 Å². The van der Waals surface area contributed by atoms with Crippen molar-refractivity contribution in [2.45, 2.75) is 11.4 Å². The van der Waals surface area contributed by atoms with Gasteiger partial charge in [-0.1, -0.05) is 6.07 Å². The van der Waals surface area contributed by atoms with Crippen LogP contribution >= 0.6 is 0 Å². The number of carbonyl (C=O) groups is 1. The maximum Gasteiger partial charge on any atom is 0.237 e. The summed E-state index contributed by atoms with van der Waals surface area (Å²) in [4.78, 5) is 11.1. The molecule has 1 heterocycles. The molecule has 1 amide bonds. The molecule has 1 aromatic heterocycles. The van der Waals surface area contributed by atoms with Gasteiger partial charge in [-0.25, -0.2) is 8.42 Å². The molecule has 6 heteroatoms. The monoisotopic (exact) mass is 252 g/mol. The summed E-state index contributed by atoms with van der Waals surface area (Å²) in [6.07, 6.45) is 2.86. The van der Waals surface area contributed by atoms with E-state index in [-0.39, 0.29) is 11.4 Å². The van der Waals surface area contributed by atoms with Gasteiger partial charge in [0.25, 0.3) is 0 Å². The summed E-state index contributed by atoms with van der Waals surface area (Å²) in [5.74, 6) is -0.466. The highest BCUT2D eigenvalue weighted by Gasteiger charge is 2.10. The van der Waals surface area contributed by atoms with Crippen LogP contribution in [-0.2, 0) is 21.2 Å². The SMILES string of the molecule is CS(=O)(=O)c1ccc2ccn(CC(N)=O)c2c1. The highest BCUT2D eigenvalue weighted by atomic mass is 32.2. The first-order valence-electron chi connectivity index (χ1n) is 4.95. The Morgan fingerprint density at radius 1 is 1.35 bits per heavy atom. The number of nitrogens with zero attached hydrogens (tertiary/aromatic N) is 1. The van der Waals surface area contributed by atoms with Crippen molar-refractivity contribution in [3.8, 4) is 0 Å². The molecule has 0 spiro atoms. The molecule has 0 atom stereocenters. The number of rotatable bonds is 3. The smallest absolute Gasteiger partial charge is 0.237 e. The second-order valence-corrected chi connectivity index (χ2v) is 5.92. The van der Waals surface area contributed by atoms with Crippen LogP contribution in [0.5, 0.6) is 0 Å². The van der Waals surface area contributed by atoms with E-state index in [2.05, 4.69) is 0 Å². The van der Waals surface area contributed by atoms with E-state index in [1.807, 2.05) is 6.07 Å². The zero-order valence-corrected chi connectivity index (χ0v) is 10.1. The van der Waals surface area contributed by atoms with Gasteiger partial charge in [0.2, 0.25) is 5.91 Å². The van der Waals surface area contributed by atoms with Crippen molar-refractivity contribution < 1.29 is 13.2 Å². The van der Waals surface area contributed by atoms with Crippen LogP contribution in [0.2, 0.25) is 0 Å². The van der Waals surface area contributed by atoms with E-state index >= 15 is 0 Å². The topological polar surface area (TPSA) is 82.2 Å². The van der Waals surface area contributed by atoms with E-state index in [9.17, 15) is 13.2 Å². The Kier molecular flexibility index (Phi) is 2.66. The van der Waals surface area contributed by atoms with Crippen LogP contribution in [0.1, 0.15) is 0 Å². The lowest BCUT2D eigenvalue weighted by atomic mass is 10.2. The molecule has 0 unspecified atom stereocenters. The second kappa shape index (κ2) is 3.89. The summed E-state index contributed by atoms with van der Waals surface area (Å²) in [6, 6.07) is 6.62. The number of hydrogen-bond acceptors (Lipinski definition) is 3. The van der Waals surface area contributed by atoms with Crippen molar-refractivity contribution in [3.05, 3.63) is 30.5 Å². The Labute approximate surface area is 98.8 Å². The van der Waals surface area contributed by atoms with Crippen molar-refractivity contribution in [2.75, 3.05) is 6.26 Å². The van der Waals surface area contributed by atoms with Gasteiger partial charge in [0.1, 0.15) is 6.54 Å². The molecular weight excluding hydrogens is 240 g/mol. The number of nitrogens with two attached hydrogens (primary N) is 1. The summed E-state index contributed by atoms with van der Waals surface area (Å²) in [5.41, 5.74) is 5.81. The molecule has 1 aromatic carbocycles. The lowest BCUT2D eigenvalue weighted by Gasteiger charge is -2.03. The average Bonchev–Trinajstić information content (AvgIpc) is 2.59. The average molecular weight is 252 g/mol. The van der Waals surface area contributed by atoms with Crippen molar-refractivity contribution in [1.29, 1.82) is 0 Å². The van der Waals surface area contributed by atoms with Crippen LogP contribution in [0.3, 0.4) is 0 Å². The van der Waals surface area contributed by atoms with Crippen molar-refractivity contribution >= 4 is 26.6 Å². The zero-order chi connectivity index (χ0) is 12.6. The van der Waals surface area contributed by atoms with Gasteiger partial charge in [-0.15, -0.1) is 0 Å². The van der Waals surface area contributed by atoms with Crippen LogP contribution in [0.25, 0.3) is 10.9 Å². The second-order valence-electron chi connectivity index (χ2n) is 3.90. The molecule has 0 aliphatic heterocycles. The highest BCUT2D eigenvalue weighted by Crippen LogP contribution is 2.20. The maximum atomic E-state index is 11.4. The fourth-order valence-corrected chi connectivity index (χ4v) is 2.34. The van der Waals surface area contributed by atoms with Crippen LogP contribution in [0.15, 0.2) is 35.4 Å². The predicted octanol–water partition coefficient (Wildman–Crippen LogP) is 0.530. The Hall–Kier alpha value is -1.82. The van der Waals surface area contributed by atoms with Crippen molar-refractivity contribution in [2.24, 2.45) is 5.73 Å². The van der Waals surface area contributed by atoms with Gasteiger partial charge in [-0.05, 0) is 23.6 Å². The molecular formula is C11H12N2O3S. The molecule has 0 aliphatic rings. The fraction of sp³-hybridized carbons (Fsp3) is 0.182. The molecule has 2 aromatic rings. The van der Waals surface area contributed by atoms with Crippen LogP contribution in [0.4, 0.5) is 0 Å². The zero-order valence-electron chi connectivity index (χ0n) is 9.25. The molecule has 2 N–H and O–H groups in total. The summed E-state index contributed by atoms with van der Waals surface area (Å²) in [7, 11) is -3.25. The third kappa shape index (κ3) is 2.31. The molecule has 0 bridgehead atoms. The normalized spacial score (nSPS) is 11.8. The van der Waals surface area contributed by atoms with E-state index in [4.69, 9.17) is 5.73 Å². The van der Waals surface area contributed by atoms with E-state index < -0.39 is 15.7 Å². The Morgan fingerprint density at radius 2 is 2.06 bits per heavy atom. The minimum atomic E-state index is -3.25. The van der Waals surface area contributed by atoms with Gasteiger partial charge < -0.3 is 10.3 Å². The van der Waals surface area contributed by atoms with Gasteiger partial charge in [0.15, 0.2) is 9.84 Å². The number of aromatic nitrogens is 1. The number of primary amides is 1. The molecule has 0 fully saturated rings. The number of hydrogen-bond donors (Lipinski definition) is 1. The Bertz CT molecular complexity index is 686. The first-order chi connectivity index (χ1) is 7.88. The Balaban J connectivity index is 2.62. The van der Waals surface area contributed by atoms with Crippen LogP contribution in [-0.4, -0.2) is 25.1 Å². The summed E-state index contributed by atoms with van der Waals surface area (Å²) in [5, 5.41) is 0.874. The number of sulfone groups is 1. The first-order valence-corrected chi connectivity index (χ1v) is 6.84. The quantitative estimate of drug-likeness (QED) is 0.865. The predicted molar refractivity (Wildman–Crippen MR) is 64.2 cm³/mol. The fourth-order valence-electron chi connectivity index (χ4n) is 1.70. The van der Waals surface area contributed by atoms with Gasteiger partial charge in [-0.2, -0.15) is 0 Å². The summed E-state index contributed by atoms with van der Waals surface area (Å²) >= 11 is 0. The molecule has 0 saturated heterocycles. The Morgan fingerprint density at radius 3 is 2.65 bits per heavy atom. The van der Waals surface area contributed by atoms with E-state index in [1.165, 1.54) is 0 Å². The standard InChI is InChI=1S/C11H12N2O3S/c1-17(15,16)9-3-2-8-4-5-13(7-11(12)14)10(8)6-9/h2-6H,7H2,1H3,(H2,12,14). The largest absolute Gasteiger partial charge is 0.368 e. The number of amides is 1. The van der Waals surface area contributed by atoms with Gasteiger partial charge >= 0.3 is 0 Å².